The van der Waals surface area contributed by atoms with Gasteiger partial charge in [0, 0.05) is 5.69 Å². The molecule has 1 fully saturated rings. The van der Waals surface area contributed by atoms with Crippen molar-refractivity contribution in [3.8, 4) is 11.5 Å². The number of rotatable bonds is 8. The fourth-order valence-electron chi connectivity index (χ4n) is 3.56. The van der Waals surface area contributed by atoms with E-state index in [1.807, 2.05) is 38.1 Å². The number of urea groups is 1. The zero-order chi connectivity index (χ0) is 26.4. The van der Waals surface area contributed by atoms with Gasteiger partial charge in [-0.05, 0) is 74.0 Å². The van der Waals surface area contributed by atoms with E-state index in [9.17, 15) is 19.2 Å². The van der Waals surface area contributed by atoms with E-state index >= 15 is 0 Å². The second-order valence-corrected chi connectivity index (χ2v) is 8.16. The molecule has 0 aliphatic carbocycles. The van der Waals surface area contributed by atoms with Crippen molar-refractivity contribution in [3.05, 3.63) is 89.5 Å². The number of anilines is 2. The summed E-state index contributed by atoms with van der Waals surface area (Å²) in [7, 11) is 0. The molecule has 3 aromatic carbocycles. The van der Waals surface area contributed by atoms with Gasteiger partial charge < -0.3 is 14.8 Å². The molecule has 3 aromatic rings. The molecule has 5 amide bonds. The molecule has 4 rings (SSSR count). The minimum Gasteiger partial charge on any atom is -0.494 e. The Morgan fingerprint density at radius 3 is 2.16 bits per heavy atom. The first kappa shape index (κ1) is 25.2. The van der Waals surface area contributed by atoms with Crippen LogP contribution in [0.4, 0.5) is 16.2 Å². The average molecular weight is 500 g/mol. The van der Waals surface area contributed by atoms with Crippen LogP contribution < -0.4 is 25.0 Å². The monoisotopic (exact) mass is 499 g/mol. The predicted molar refractivity (Wildman–Crippen MR) is 138 cm³/mol. The van der Waals surface area contributed by atoms with Gasteiger partial charge >= 0.3 is 6.03 Å². The Kier molecular flexibility index (Phi) is 7.63. The molecule has 2 N–H and O–H groups in total. The second kappa shape index (κ2) is 11.2. The lowest BCUT2D eigenvalue weighted by Crippen LogP contribution is -2.54. The van der Waals surface area contributed by atoms with E-state index in [2.05, 4.69) is 10.6 Å². The van der Waals surface area contributed by atoms with Crippen LogP contribution in [0.5, 0.6) is 11.5 Å². The molecule has 1 heterocycles. The summed E-state index contributed by atoms with van der Waals surface area (Å²) < 4.78 is 10.9. The minimum absolute atomic E-state index is 0.186. The van der Waals surface area contributed by atoms with Crippen LogP contribution in [0.2, 0.25) is 0 Å². The highest BCUT2D eigenvalue weighted by atomic mass is 16.5. The summed E-state index contributed by atoms with van der Waals surface area (Å²) >= 11 is 0. The first-order valence-electron chi connectivity index (χ1n) is 11.6. The van der Waals surface area contributed by atoms with Gasteiger partial charge in [-0.2, -0.15) is 0 Å². The molecular weight excluding hydrogens is 474 g/mol. The smallest absolute Gasteiger partial charge is 0.335 e. The van der Waals surface area contributed by atoms with Gasteiger partial charge in [-0.15, -0.1) is 0 Å². The van der Waals surface area contributed by atoms with Crippen molar-refractivity contribution in [2.45, 2.75) is 13.8 Å². The summed E-state index contributed by atoms with van der Waals surface area (Å²) in [5.41, 5.74) is 2.41. The minimum atomic E-state index is -0.830. The molecule has 9 nitrogen and oxygen atoms in total. The Balaban J connectivity index is 1.42. The van der Waals surface area contributed by atoms with Gasteiger partial charge in [-0.3, -0.25) is 19.7 Å². The number of hydrogen-bond donors (Lipinski definition) is 2. The SMILES string of the molecule is CCOc1ccc(N2C(=O)NC(=O)/C(=C\c3ccc(OCC(=O)Nc4ccc(C)cc4)cc3)C2=O)cc1. The maximum atomic E-state index is 13.1. The van der Waals surface area contributed by atoms with E-state index in [0.29, 0.717) is 35.0 Å². The van der Waals surface area contributed by atoms with Crippen LogP contribution >= 0.6 is 0 Å². The lowest BCUT2D eigenvalue weighted by Gasteiger charge is -2.26. The summed E-state index contributed by atoms with van der Waals surface area (Å²) in [6.07, 6.45) is 1.39. The standard InChI is InChI=1S/C28H25N3O6/c1-3-36-22-14-10-21(11-15-22)31-27(34)24(26(33)30-28(31)35)16-19-6-12-23(13-7-19)37-17-25(32)29-20-8-4-18(2)5-9-20/h4-16H,3,17H2,1-2H3,(H,29,32)(H,30,33,35)/b24-16+. The summed E-state index contributed by atoms with van der Waals surface area (Å²) in [6.45, 7) is 4.10. The Bertz CT molecular complexity index is 1350. The maximum Gasteiger partial charge on any atom is 0.335 e. The number of ether oxygens (including phenoxy) is 2. The Labute approximate surface area is 213 Å². The van der Waals surface area contributed by atoms with Gasteiger partial charge in [0.2, 0.25) is 0 Å². The van der Waals surface area contributed by atoms with Crippen molar-refractivity contribution in [2.75, 3.05) is 23.4 Å². The van der Waals surface area contributed by atoms with Crippen molar-refractivity contribution in [1.29, 1.82) is 0 Å². The molecular formula is C28H25N3O6. The predicted octanol–water partition coefficient (Wildman–Crippen LogP) is 4.08. The highest BCUT2D eigenvalue weighted by Crippen LogP contribution is 2.25. The Morgan fingerprint density at radius 2 is 1.51 bits per heavy atom. The molecule has 0 unspecified atom stereocenters. The van der Waals surface area contributed by atoms with Gasteiger partial charge in [0.15, 0.2) is 6.61 Å². The van der Waals surface area contributed by atoms with E-state index in [0.717, 1.165) is 10.5 Å². The fraction of sp³-hybridized carbons (Fsp3) is 0.143. The van der Waals surface area contributed by atoms with Crippen LogP contribution in [0.15, 0.2) is 78.4 Å². The first-order chi connectivity index (χ1) is 17.8. The first-order valence-corrected chi connectivity index (χ1v) is 11.6. The van der Waals surface area contributed by atoms with E-state index in [-0.39, 0.29) is 18.1 Å². The van der Waals surface area contributed by atoms with E-state index < -0.39 is 17.8 Å². The quantitative estimate of drug-likeness (QED) is 0.357. The van der Waals surface area contributed by atoms with Gasteiger partial charge in [-0.25, -0.2) is 9.69 Å². The molecule has 0 bridgehead atoms. The van der Waals surface area contributed by atoms with E-state index in [1.165, 1.54) is 6.08 Å². The topological polar surface area (TPSA) is 114 Å². The number of carbonyl (C=O) groups is 4. The molecule has 0 aromatic heterocycles. The summed E-state index contributed by atoms with van der Waals surface area (Å²) in [4.78, 5) is 50.9. The summed E-state index contributed by atoms with van der Waals surface area (Å²) in [6, 6.07) is 19.5. The van der Waals surface area contributed by atoms with Crippen LogP contribution in [-0.2, 0) is 14.4 Å². The van der Waals surface area contributed by atoms with Gasteiger partial charge in [0.05, 0.1) is 12.3 Å². The van der Waals surface area contributed by atoms with Crippen molar-refractivity contribution in [3.63, 3.8) is 0 Å². The highest BCUT2D eigenvalue weighted by Gasteiger charge is 2.36. The van der Waals surface area contributed by atoms with E-state index in [1.54, 1.807) is 48.5 Å². The average Bonchev–Trinajstić information content (AvgIpc) is 2.88. The fourth-order valence-corrected chi connectivity index (χ4v) is 3.56. The number of carbonyl (C=O) groups excluding carboxylic acids is 4. The largest absolute Gasteiger partial charge is 0.494 e. The van der Waals surface area contributed by atoms with Crippen LogP contribution in [0.25, 0.3) is 6.08 Å². The highest BCUT2D eigenvalue weighted by molar-refractivity contribution is 6.39. The Morgan fingerprint density at radius 1 is 0.892 bits per heavy atom. The Hall–Kier alpha value is -4.92. The van der Waals surface area contributed by atoms with Crippen LogP contribution in [-0.4, -0.2) is 37.0 Å². The number of benzene rings is 3. The molecule has 1 saturated heterocycles. The maximum absolute atomic E-state index is 13.1. The number of nitrogens with one attached hydrogen (secondary N) is 2. The van der Waals surface area contributed by atoms with Crippen molar-refractivity contribution < 1.29 is 28.7 Å². The van der Waals surface area contributed by atoms with Crippen LogP contribution in [0.1, 0.15) is 18.1 Å². The van der Waals surface area contributed by atoms with Crippen molar-refractivity contribution in [1.82, 2.24) is 5.32 Å². The number of nitrogens with zero attached hydrogens (tertiary/aromatic N) is 1. The van der Waals surface area contributed by atoms with Crippen molar-refractivity contribution in [2.24, 2.45) is 0 Å². The number of imide groups is 2. The number of hydrogen-bond acceptors (Lipinski definition) is 6. The van der Waals surface area contributed by atoms with E-state index in [4.69, 9.17) is 9.47 Å². The zero-order valence-electron chi connectivity index (χ0n) is 20.3. The second-order valence-electron chi connectivity index (χ2n) is 8.16. The lowest BCUT2D eigenvalue weighted by molar-refractivity contribution is -0.122. The molecule has 1 aliphatic rings. The third kappa shape index (κ3) is 6.21. The molecule has 0 saturated carbocycles. The molecule has 0 atom stereocenters. The molecule has 37 heavy (non-hydrogen) atoms. The molecule has 0 radical (unpaired) electrons. The number of amides is 5. The molecule has 1 aliphatic heterocycles. The number of barbiturate groups is 1. The van der Waals surface area contributed by atoms with Crippen LogP contribution in [0, 0.1) is 6.92 Å². The molecule has 188 valence electrons. The lowest BCUT2D eigenvalue weighted by atomic mass is 10.1. The summed E-state index contributed by atoms with van der Waals surface area (Å²) in [5.74, 6) is -0.806. The van der Waals surface area contributed by atoms with Gasteiger partial charge in [0.25, 0.3) is 17.7 Å². The van der Waals surface area contributed by atoms with Crippen molar-refractivity contribution >= 4 is 41.2 Å². The third-order valence-electron chi connectivity index (χ3n) is 5.40. The number of aryl methyl sites for hydroxylation is 1. The van der Waals surface area contributed by atoms with Crippen LogP contribution in [0.3, 0.4) is 0 Å². The molecule has 9 heteroatoms. The van der Waals surface area contributed by atoms with Gasteiger partial charge in [0.1, 0.15) is 17.1 Å². The molecule has 0 spiro atoms. The van der Waals surface area contributed by atoms with Gasteiger partial charge in [-0.1, -0.05) is 29.8 Å². The zero-order valence-corrected chi connectivity index (χ0v) is 20.3. The summed E-state index contributed by atoms with van der Waals surface area (Å²) in [5, 5.41) is 4.94. The normalized spacial score (nSPS) is 14.4. The third-order valence-corrected chi connectivity index (χ3v) is 5.40.